The van der Waals surface area contributed by atoms with Crippen molar-refractivity contribution in [1.29, 1.82) is 0 Å². The van der Waals surface area contributed by atoms with Crippen LogP contribution in [0.5, 0.6) is 0 Å². The predicted octanol–water partition coefficient (Wildman–Crippen LogP) is 3.09. The molecule has 0 amide bonds. The second-order valence-corrected chi connectivity index (χ2v) is 12.1. The molecule has 0 radical (unpaired) electrons. The molecular weight excluding hydrogens is 579 g/mol. The first-order valence-corrected chi connectivity index (χ1v) is 14.8. The van der Waals surface area contributed by atoms with Crippen LogP contribution in [-0.2, 0) is 20.9 Å². The molecule has 4 heterocycles. The number of hydrogen-bond donors (Lipinski definition) is 2. The maximum absolute atomic E-state index is 13.2. The minimum atomic E-state index is -4.43. The molecule has 0 unspecified atom stereocenters. The van der Waals surface area contributed by atoms with Crippen molar-refractivity contribution in [3.63, 3.8) is 0 Å². The van der Waals surface area contributed by atoms with Gasteiger partial charge in [0.05, 0.1) is 49.9 Å². The fourth-order valence-electron chi connectivity index (χ4n) is 5.16. The Balaban J connectivity index is 1.12. The van der Waals surface area contributed by atoms with Crippen molar-refractivity contribution in [2.75, 3.05) is 62.7 Å². The second-order valence-electron chi connectivity index (χ2n) is 9.80. The van der Waals surface area contributed by atoms with Gasteiger partial charge >= 0.3 is 6.18 Å². The zero-order chi connectivity index (χ0) is 28.8. The van der Waals surface area contributed by atoms with E-state index in [4.69, 9.17) is 17.0 Å². The standard InChI is InChI=1S/C26H26F3N7O3S2/c27-26(28,29)17-1-6-20-21(15-17)33-23-22(20)24(31-16-30-23)34-7-9-35(10-8-34)25(40)32-18-2-4-19(5-3-18)41(37,38)36-11-13-39-14-12-36/h1-6,15-16H,7-14H2,(H,32,40)(H,30,31,33)/p+1. The number of hydrogen-bond acceptors (Lipinski definition) is 6. The molecule has 2 aromatic heterocycles. The van der Waals surface area contributed by atoms with Gasteiger partial charge in [0, 0.05) is 29.7 Å². The summed E-state index contributed by atoms with van der Waals surface area (Å²) in [4.78, 5) is 14.8. The van der Waals surface area contributed by atoms with Gasteiger partial charge in [-0.05, 0) is 48.6 Å². The number of ether oxygens (including phenoxy) is 1. The number of piperazine rings is 1. The highest BCUT2D eigenvalue weighted by atomic mass is 32.2. The van der Waals surface area contributed by atoms with E-state index in [0.717, 1.165) is 23.3 Å². The molecule has 0 aliphatic carbocycles. The van der Waals surface area contributed by atoms with E-state index in [-0.39, 0.29) is 4.90 Å². The highest BCUT2D eigenvalue weighted by Gasteiger charge is 2.32. The summed E-state index contributed by atoms with van der Waals surface area (Å²) in [6, 6.07) is 10.2. The lowest BCUT2D eigenvalue weighted by molar-refractivity contribution is -0.367. The molecule has 2 fully saturated rings. The molecule has 0 saturated carbocycles. The first-order chi connectivity index (χ1) is 19.6. The number of H-pyrrole nitrogens is 2. The highest BCUT2D eigenvalue weighted by molar-refractivity contribution is 7.89. The van der Waals surface area contributed by atoms with Gasteiger partial charge in [-0.2, -0.15) is 17.5 Å². The van der Waals surface area contributed by atoms with Crippen LogP contribution in [0.4, 0.5) is 24.7 Å². The number of fused-ring (bicyclic) bond motifs is 3. The van der Waals surface area contributed by atoms with Crippen LogP contribution < -0.4 is 15.2 Å². The van der Waals surface area contributed by atoms with Crippen molar-refractivity contribution >= 4 is 60.8 Å². The fourth-order valence-corrected chi connectivity index (χ4v) is 6.87. The van der Waals surface area contributed by atoms with E-state index in [2.05, 4.69) is 25.2 Å². The van der Waals surface area contributed by atoms with E-state index in [1.54, 1.807) is 24.3 Å². The van der Waals surface area contributed by atoms with Gasteiger partial charge in [-0.15, -0.1) is 0 Å². The maximum Gasteiger partial charge on any atom is 0.416 e. The topological polar surface area (TPSA) is 108 Å². The average molecular weight is 607 g/mol. The Kier molecular flexibility index (Phi) is 7.21. The smallest absolute Gasteiger partial charge is 0.379 e. The number of nitrogens with zero attached hydrogens (tertiary/aromatic N) is 4. The van der Waals surface area contributed by atoms with Crippen LogP contribution >= 0.6 is 12.2 Å². The minimum absolute atomic E-state index is 0.219. The van der Waals surface area contributed by atoms with E-state index in [1.807, 2.05) is 4.90 Å². The lowest BCUT2D eigenvalue weighted by Gasteiger charge is -2.34. The summed E-state index contributed by atoms with van der Waals surface area (Å²) in [5.41, 5.74) is 0.840. The molecule has 2 aliphatic heterocycles. The van der Waals surface area contributed by atoms with Gasteiger partial charge in [0.25, 0.3) is 0 Å². The molecule has 3 N–H and O–H groups in total. The number of thiocarbonyl (C=S) groups is 1. The molecule has 4 aromatic rings. The normalized spacial score (nSPS) is 17.3. The quantitative estimate of drug-likeness (QED) is 0.342. The number of aromatic nitrogens is 3. The molecule has 2 aromatic carbocycles. The largest absolute Gasteiger partial charge is 0.416 e. The monoisotopic (exact) mass is 606 g/mol. The Morgan fingerprint density at radius 3 is 2.41 bits per heavy atom. The third-order valence-electron chi connectivity index (χ3n) is 7.33. The molecule has 41 heavy (non-hydrogen) atoms. The average Bonchev–Trinajstić information content (AvgIpc) is 3.36. The van der Waals surface area contributed by atoms with Crippen molar-refractivity contribution < 1.29 is 31.3 Å². The number of alkyl halides is 3. The van der Waals surface area contributed by atoms with Crippen molar-refractivity contribution in [1.82, 2.24) is 19.2 Å². The third-order valence-corrected chi connectivity index (χ3v) is 9.61. The molecule has 0 atom stereocenters. The zero-order valence-corrected chi connectivity index (χ0v) is 23.4. The molecule has 0 spiro atoms. The highest BCUT2D eigenvalue weighted by Crippen LogP contribution is 2.35. The molecular formula is C26H27F3N7O3S2+. The Bertz CT molecular complexity index is 1700. The van der Waals surface area contributed by atoms with Crippen LogP contribution in [0.3, 0.4) is 0 Å². The Hall–Kier alpha value is -3.53. The predicted molar refractivity (Wildman–Crippen MR) is 151 cm³/mol. The number of sulfonamides is 1. The number of aromatic amines is 2. The third kappa shape index (κ3) is 5.41. The van der Waals surface area contributed by atoms with Gasteiger partial charge in [0.1, 0.15) is 5.39 Å². The van der Waals surface area contributed by atoms with Gasteiger partial charge in [0.2, 0.25) is 27.8 Å². The van der Waals surface area contributed by atoms with Gasteiger partial charge < -0.3 is 19.9 Å². The van der Waals surface area contributed by atoms with Gasteiger partial charge in [-0.3, -0.25) is 4.90 Å². The van der Waals surface area contributed by atoms with Crippen LogP contribution in [0, 0.1) is 0 Å². The summed E-state index contributed by atoms with van der Waals surface area (Å²) >= 11 is 5.63. The zero-order valence-electron chi connectivity index (χ0n) is 21.7. The maximum atomic E-state index is 13.2. The fraction of sp³-hybridized carbons (Fsp3) is 0.346. The Morgan fingerprint density at radius 2 is 1.73 bits per heavy atom. The molecule has 216 valence electrons. The van der Waals surface area contributed by atoms with Crippen LogP contribution in [0.2, 0.25) is 0 Å². The van der Waals surface area contributed by atoms with E-state index in [9.17, 15) is 21.6 Å². The number of morpholine rings is 1. The number of nitrogens with one attached hydrogen (secondary N) is 3. The number of benzene rings is 2. The van der Waals surface area contributed by atoms with Crippen LogP contribution in [0.15, 0.2) is 53.7 Å². The van der Waals surface area contributed by atoms with E-state index < -0.39 is 21.8 Å². The molecule has 15 heteroatoms. The number of anilines is 2. The van der Waals surface area contributed by atoms with Gasteiger partial charge in [-0.25, -0.2) is 13.4 Å². The minimum Gasteiger partial charge on any atom is -0.379 e. The van der Waals surface area contributed by atoms with Crippen LogP contribution in [-0.4, -0.2) is 85.2 Å². The SMILES string of the molecule is O=S(=O)(c1ccc(NC(=S)N2CCN(c3[nH+]cnc4[nH]c5cc(C(F)(F)F)ccc5c34)CC2)cc1)N1CCOCC1. The van der Waals surface area contributed by atoms with E-state index in [1.165, 1.54) is 16.7 Å². The van der Waals surface area contributed by atoms with Crippen molar-refractivity contribution in [3.8, 4) is 0 Å². The van der Waals surface area contributed by atoms with Gasteiger partial charge in [0.15, 0.2) is 5.11 Å². The van der Waals surface area contributed by atoms with E-state index >= 15 is 0 Å². The van der Waals surface area contributed by atoms with Crippen molar-refractivity contribution in [3.05, 3.63) is 54.4 Å². The number of rotatable bonds is 4. The number of halogens is 3. The molecule has 10 nitrogen and oxygen atoms in total. The summed E-state index contributed by atoms with van der Waals surface area (Å²) < 4.78 is 72.1. The summed E-state index contributed by atoms with van der Waals surface area (Å²) in [5.74, 6) is 0.775. The van der Waals surface area contributed by atoms with Gasteiger partial charge in [-0.1, -0.05) is 11.1 Å². The summed E-state index contributed by atoms with van der Waals surface area (Å²) in [7, 11) is -3.58. The Morgan fingerprint density at radius 1 is 1.02 bits per heavy atom. The van der Waals surface area contributed by atoms with E-state index in [0.29, 0.717) is 79.8 Å². The molecule has 6 rings (SSSR count). The molecule has 0 bridgehead atoms. The van der Waals surface area contributed by atoms with Crippen molar-refractivity contribution in [2.45, 2.75) is 11.1 Å². The lowest BCUT2D eigenvalue weighted by atomic mass is 10.1. The summed E-state index contributed by atoms with van der Waals surface area (Å²) in [5, 5.41) is 5.10. The van der Waals surface area contributed by atoms with Crippen LogP contribution in [0.1, 0.15) is 5.56 Å². The Labute approximate surface area is 239 Å². The first kappa shape index (κ1) is 27.6. The lowest BCUT2D eigenvalue weighted by Crippen LogP contribution is -2.51. The van der Waals surface area contributed by atoms with Crippen molar-refractivity contribution in [2.24, 2.45) is 0 Å². The molecule has 2 saturated heterocycles. The molecule has 2 aliphatic rings. The second kappa shape index (κ2) is 10.7. The summed E-state index contributed by atoms with van der Waals surface area (Å²) in [6.45, 7) is 3.87. The summed E-state index contributed by atoms with van der Waals surface area (Å²) in [6.07, 6.45) is -2.90. The first-order valence-electron chi connectivity index (χ1n) is 13.0. The van der Waals surface area contributed by atoms with Crippen LogP contribution in [0.25, 0.3) is 21.9 Å².